The van der Waals surface area contributed by atoms with E-state index < -0.39 is 5.75 Å². The lowest BCUT2D eigenvalue weighted by Gasteiger charge is -2.24. The van der Waals surface area contributed by atoms with Crippen LogP contribution in [0.3, 0.4) is 0 Å². The van der Waals surface area contributed by atoms with E-state index in [1.54, 1.807) is 6.07 Å². The van der Waals surface area contributed by atoms with Crippen molar-refractivity contribution in [2.24, 2.45) is 0 Å². The molecule has 1 aliphatic rings. The van der Waals surface area contributed by atoms with Crippen molar-refractivity contribution in [1.29, 1.82) is 0 Å². The number of benzene rings is 1. The summed E-state index contributed by atoms with van der Waals surface area (Å²) in [6.45, 7) is 1.78. The molecule has 16 heavy (non-hydrogen) atoms. The molecule has 0 aliphatic carbocycles. The number of phenolic OH excluding ortho intramolecular Hbond substituents is 3. The number of ether oxygens (including phenoxy) is 1. The van der Waals surface area contributed by atoms with Crippen LogP contribution in [0.1, 0.15) is 11.6 Å². The largest absolute Gasteiger partial charge is 0.504 e. The quantitative estimate of drug-likeness (QED) is 0.554. The van der Waals surface area contributed by atoms with E-state index in [1.807, 2.05) is 0 Å². The Hall–Kier alpha value is -1.17. The molecule has 0 radical (unpaired) electrons. The van der Waals surface area contributed by atoms with Gasteiger partial charge in [0.2, 0.25) is 5.75 Å². The number of aromatic hydroxyl groups is 3. The molecule has 1 fully saturated rings. The summed E-state index contributed by atoms with van der Waals surface area (Å²) in [6.07, 6.45) is 0. The molecule has 0 saturated carbocycles. The molecule has 1 aromatic rings. The summed E-state index contributed by atoms with van der Waals surface area (Å²) >= 11 is 0. The minimum Gasteiger partial charge on any atom is -0.504 e. The molecule has 90 valence electrons. The summed E-state index contributed by atoms with van der Waals surface area (Å²) in [6, 6.07) is 2.77. The molecule has 4 N–H and O–H groups in total. The Morgan fingerprint density at radius 3 is 2.56 bits per heavy atom. The van der Waals surface area contributed by atoms with Gasteiger partial charge >= 0.3 is 0 Å². The minimum absolute atomic E-state index is 0. The third-order valence-electron chi connectivity index (χ3n) is 2.46. The lowest BCUT2D eigenvalue weighted by atomic mass is 10.0. The second-order valence-electron chi connectivity index (χ2n) is 3.45. The van der Waals surface area contributed by atoms with Crippen LogP contribution in [0.4, 0.5) is 0 Å². The Morgan fingerprint density at radius 2 is 1.94 bits per heavy atom. The first kappa shape index (κ1) is 12.9. The van der Waals surface area contributed by atoms with Crippen molar-refractivity contribution in [3.8, 4) is 17.2 Å². The predicted octanol–water partition coefficient (Wildman–Crippen LogP) is 0.886. The van der Waals surface area contributed by atoms with E-state index in [1.165, 1.54) is 6.07 Å². The summed E-state index contributed by atoms with van der Waals surface area (Å²) in [5, 5.41) is 31.3. The predicted molar refractivity (Wildman–Crippen MR) is 60.2 cm³/mol. The van der Waals surface area contributed by atoms with Crippen LogP contribution >= 0.6 is 12.4 Å². The lowest BCUT2D eigenvalue weighted by Crippen LogP contribution is -2.34. The van der Waals surface area contributed by atoms with Gasteiger partial charge in [0.25, 0.3) is 0 Å². The maximum atomic E-state index is 9.63. The van der Waals surface area contributed by atoms with Crippen molar-refractivity contribution in [2.45, 2.75) is 6.04 Å². The molecule has 6 heteroatoms. The van der Waals surface area contributed by atoms with Crippen molar-refractivity contribution in [1.82, 2.24) is 5.32 Å². The van der Waals surface area contributed by atoms with Crippen LogP contribution in [0.25, 0.3) is 0 Å². The Morgan fingerprint density at radius 1 is 1.19 bits per heavy atom. The normalized spacial score (nSPS) is 20.1. The van der Waals surface area contributed by atoms with Gasteiger partial charge < -0.3 is 25.4 Å². The van der Waals surface area contributed by atoms with Crippen molar-refractivity contribution >= 4 is 12.4 Å². The average molecular weight is 248 g/mol. The van der Waals surface area contributed by atoms with Gasteiger partial charge in [-0.2, -0.15) is 0 Å². The zero-order chi connectivity index (χ0) is 10.8. The molecule has 2 rings (SSSR count). The standard InChI is InChI=1S/C10H13NO4.ClH/c12-8-2-1-6(9(13)10(8)14)7-5-15-4-3-11-7;/h1-2,7,11-14H,3-5H2;1H/t7-;/m0./s1. The van der Waals surface area contributed by atoms with Gasteiger partial charge in [0.05, 0.1) is 19.3 Å². The molecule has 0 unspecified atom stereocenters. The van der Waals surface area contributed by atoms with Crippen molar-refractivity contribution in [3.63, 3.8) is 0 Å². The fraction of sp³-hybridized carbons (Fsp3) is 0.400. The number of rotatable bonds is 1. The van der Waals surface area contributed by atoms with Crippen molar-refractivity contribution in [3.05, 3.63) is 17.7 Å². The van der Waals surface area contributed by atoms with Crippen molar-refractivity contribution < 1.29 is 20.1 Å². The molecule has 1 heterocycles. The van der Waals surface area contributed by atoms with E-state index in [9.17, 15) is 10.2 Å². The monoisotopic (exact) mass is 247 g/mol. The van der Waals surface area contributed by atoms with Gasteiger partial charge in [0.1, 0.15) is 0 Å². The van der Waals surface area contributed by atoms with Gasteiger partial charge in [-0.25, -0.2) is 0 Å². The molecule has 1 saturated heterocycles. The maximum absolute atomic E-state index is 9.63. The van der Waals surface area contributed by atoms with Gasteiger partial charge in [0, 0.05) is 12.1 Å². The molecule has 1 atom stereocenters. The maximum Gasteiger partial charge on any atom is 0.200 e. The molecule has 0 spiro atoms. The molecule has 5 nitrogen and oxygen atoms in total. The molecule has 1 aliphatic heterocycles. The van der Waals surface area contributed by atoms with E-state index in [4.69, 9.17) is 9.84 Å². The van der Waals surface area contributed by atoms with Gasteiger partial charge in [-0.15, -0.1) is 12.4 Å². The van der Waals surface area contributed by atoms with Crippen LogP contribution in [0.2, 0.25) is 0 Å². The number of hydrogen-bond acceptors (Lipinski definition) is 5. The number of phenols is 3. The highest BCUT2D eigenvalue weighted by Gasteiger charge is 2.21. The number of nitrogens with one attached hydrogen (secondary N) is 1. The van der Waals surface area contributed by atoms with Gasteiger partial charge in [0.15, 0.2) is 11.5 Å². The highest BCUT2D eigenvalue weighted by Crippen LogP contribution is 2.39. The topological polar surface area (TPSA) is 82.0 Å². The van der Waals surface area contributed by atoms with E-state index in [-0.39, 0.29) is 29.9 Å². The Bertz CT molecular complexity index is 366. The van der Waals surface area contributed by atoms with Crippen LogP contribution < -0.4 is 5.32 Å². The molecule has 1 aromatic carbocycles. The molecule has 0 amide bonds. The zero-order valence-corrected chi connectivity index (χ0v) is 9.33. The minimum atomic E-state index is -0.486. The summed E-state index contributed by atoms with van der Waals surface area (Å²) in [4.78, 5) is 0. The third kappa shape index (κ3) is 2.32. The fourth-order valence-electron chi connectivity index (χ4n) is 1.63. The second kappa shape index (κ2) is 5.25. The Balaban J connectivity index is 0.00000128. The summed E-state index contributed by atoms with van der Waals surface area (Å²) < 4.78 is 5.24. The first-order chi connectivity index (χ1) is 7.20. The van der Waals surface area contributed by atoms with E-state index in [0.29, 0.717) is 25.3 Å². The summed E-state index contributed by atoms with van der Waals surface area (Å²) in [5.41, 5.74) is 0.532. The second-order valence-corrected chi connectivity index (χ2v) is 3.45. The van der Waals surface area contributed by atoms with Crippen LogP contribution in [-0.2, 0) is 4.74 Å². The molecular weight excluding hydrogens is 234 g/mol. The highest BCUT2D eigenvalue weighted by atomic mass is 35.5. The van der Waals surface area contributed by atoms with Gasteiger partial charge in [-0.05, 0) is 12.1 Å². The van der Waals surface area contributed by atoms with Crippen LogP contribution in [0, 0.1) is 0 Å². The first-order valence-electron chi connectivity index (χ1n) is 4.75. The van der Waals surface area contributed by atoms with E-state index in [0.717, 1.165) is 0 Å². The van der Waals surface area contributed by atoms with Crippen LogP contribution in [0.15, 0.2) is 12.1 Å². The summed E-state index contributed by atoms with van der Waals surface area (Å²) in [7, 11) is 0. The van der Waals surface area contributed by atoms with E-state index >= 15 is 0 Å². The molecular formula is C10H14ClNO4. The third-order valence-corrected chi connectivity index (χ3v) is 2.46. The SMILES string of the molecule is Cl.Oc1ccc([C@@H]2COCCN2)c(O)c1O. The fourth-order valence-corrected chi connectivity index (χ4v) is 1.63. The summed E-state index contributed by atoms with van der Waals surface area (Å²) in [5.74, 6) is -1.11. The van der Waals surface area contributed by atoms with Crippen molar-refractivity contribution in [2.75, 3.05) is 19.8 Å². The van der Waals surface area contributed by atoms with Crippen LogP contribution in [0.5, 0.6) is 17.2 Å². The first-order valence-corrected chi connectivity index (χ1v) is 4.75. The molecule has 0 bridgehead atoms. The highest BCUT2D eigenvalue weighted by molar-refractivity contribution is 5.85. The number of halogens is 1. The van der Waals surface area contributed by atoms with Gasteiger partial charge in [-0.1, -0.05) is 0 Å². The lowest BCUT2D eigenvalue weighted by molar-refractivity contribution is 0.0759. The van der Waals surface area contributed by atoms with Gasteiger partial charge in [-0.3, -0.25) is 0 Å². The van der Waals surface area contributed by atoms with E-state index in [2.05, 4.69) is 5.32 Å². The molecule has 0 aromatic heterocycles. The number of hydrogen-bond donors (Lipinski definition) is 4. The Kier molecular flexibility index (Phi) is 4.23. The Labute approximate surface area is 99.1 Å². The smallest absolute Gasteiger partial charge is 0.200 e. The zero-order valence-electron chi connectivity index (χ0n) is 8.51. The number of morpholine rings is 1. The average Bonchev–Trinajstić information content (AvgIpc) is 2.27. The van der Waals surface area contributed by atoms with Crippen LogP contribution in [-0.4, -0.2) is 35.1 Å².